The molecule has 1 aliphatic heterocycles. The highest BCUT2D eigenvalue weighted by Gasteiger charge is 2.35. The predicted octanol–water partition coefficient (Wildman–Crippen LogP) is 2.70. The van der Waals surface area contributed by atoms with Gasteiger partial charge in [0.15, 0.2) is 0 Å². The Bertz CT molecular complexity index is 1260. The number of hydrogen-bond donors (Lipinski definition) is 1. The number of nitrogens with zero attached hydrogens (tertiary/aromatic N) is 2. The number of halogens is 1. The molecule has 1 N–H and O–H groups in total. The minimum Gasteiger partial charge on any atom is -0.381 e. The van der Waals surface area contributed by atoms with E-state index in [9.17, 15) is 14.4 Å². The van der Waals surface area contributed by atoms with Gasteiger partial charge >= 0.3 is 5.69 Å². The molecule has 2 aromatic carbocycles. The number of aromatic nitrogens is 2. The third kappa shape index (κ3) is 4.23. The number of ether oxygens (including phenoxy) is 1. The van der Waals surface area contributed by atoms with E-state index in [1.807, 2.05) is 24.3 Å². The first kappa shape index (κ1) is 22.3. The number of fused-ring (bicyclic) bond motifs is 1. The van der Waals surface area contributed by atoms with E-state index < -0.39 is 5.69 Å². The standard InChI is InChI=1S/C24H26ClN3O4/c1-2-27-22(30)19-8-3-4-9-20(19)28(23(27)31)15-21(29)26-16-24(10-12-32-13-11-24)17-6-5-7-18(25)14-17/h3-9,14H,2,10-13,15-16H2,1H3,(H,26,29). The van der Waals surface area contributed by atoms with Crippen molar-refractivity contribution in [2.24, 2.45) is 0 Å². The van der Waals surface area contributed by atoms with E-state index in [0.717, 1.165) is 23.0 Å². The van der Waals surface area contributed by atoms with Crippen molar-refractivity contribution in [1.82, 2.24) is 14.5 Å². The number of benzene rings is 2. The first-order valence-electron chi connectivity index (χ1n) is 10.8. The fourth-order valence-corrected chi connectivity index (χ4v) is 4.61. The van der Waals surface area contributed by atoms with Gasteiger partial charge in [0.1, 0.15) is 6.54 Å². The number of hydrogen-bond acceptors (Lipinski definition) is 4. The lowest BCUT2D eigenvalue weighted by atomic mass is 9.74. The molecule has 0 aliphatic carbocycles. The van der Waals surface area contributed by atoms with Gasteiger partial charge in [0.2, 0.25) is 5.91 Å². The van der Waals surface area contributed by atoms with Gasteiger partial charge in [0.25, 0.3) is 5.56 Å². The monoisotopic (exact) mass is 455 g/mol. The van der Waals surface area contributed by atoms with Crippen LogP contribution in [0.4, 0.5) is 0 Å². The first-order chi connectivity index (χ1) is 15.4. The molecule has 1 fully saturated rings. The molecule has 1 saturated heterocycles. The second-order valence-corrected chi connectivity index (χ2v) is 8.55. The van der Waals surface area contributed by atoms with Crippen LogP contribution in [0.1, 0.15) is 25.3 Å². The molecule has 0 spiro atoms. The average molecular weight is 456 g/mol. The summed E-state index contributed by atoms with van der Waals surface area (Å²) in [5, 5.41) is 4.09. The molecule has 2 heterocycles. The van der Waals surface area contributed by atoms with E-state index in [0.29, 0.717) is 35.7 Å². The summed E-state index contributed by atoms with van der Waals surface area (Å²) >= 11 is 6.23. The van der Waals surface area contributed by atoms with Gasteiger partial charge in [-0.1, -0.05) is 35.9 Å². The number of para-hydroxylation sites is 1. The number of nitrogens with one attached hydrogen (secondary N) is 1. The third-order valence-electron chi connectivity index (χ3n) is 6.26. The molecule has 0 radical (unpaired) electrons. The molecule has 32 heavy (non-hydrogen) atoms. The quantitative estimate of drug-likeness (QED) is 0.619. The zero-order valence-corrected chi connectivity index (χ0v) is 18.7. The van der Waals surface area contributed by atoms with Crippen LogP contribution >= 0.6 is 11.6 Å². The summed E-state index contributed by atoms with van der Waals surface area (Å²) in [6.07, 6.45) is 1.52. The van der Waals surface area contributed by atoms with E-state index in [-0.39, 0.29) is 30.0 Å². The Morgan fingerprint density at radius 3 is 2.56 bits per heavy atom. The van der Waals surface area contributed by atoms with Crippen LogP contribution in [0.5, 0.6) is 0 Å². The lowest BCUT2D eigenvalue weighted by molar-refractivity contribution is -0.122. The van der Waals surface area contributed by atoms with Crippen molar-refractivity contribution < 1.29 is 9.53 Å². The van der Waals surface area contributed by atoms with Crippen molar-refractivity contribution in [3.8, 4) is 0 Å². The van der Waals surface area contributed by atoms with Gasteiger partial charge < -0.3 is 10.1 Å². The molecular formula is C24H26ClN3O4. The van der Waals surface area contributed by atoms with Crippen molar-refractivity contribution >= 4 is 28.4 Å². The molecule has 0 bridgehead atoms. The first-order valence-corrected chi connectivity index (χ1v) is 11.2. The Hall–Kier alpha value is -2.90. The van der Waals surface area contributed by atoms with E-state index in [1.165, 1.54) is 4.57 Å². The molecule has 8 heteroatoms. The number of carbonyl (C=O) groups excluding carboxylic acids is 1. The summed E-state index contributed by atoms with van der Waals surface area (Å²) in [6, 6.07) is 14.6. The Morgan fingerprint density at radius 1 is 1.09 bits per heavy atom. The fourth-order valence-electron chi connectivity index (χ4n) is 4.42. The highest BCUT2D eigenvalue weighted by atomic mass is 35.5. The van der Waals surface area contributed by atoms with Crippen molar-refractivity contribution in [2.45, 2.75) is 38.3 Å². The van der Waals surface area contributed by atoms with Crippen LogP contribution in [0.2, 0.25) is 5.02 Å². The Labute approximate surface area is 190 Å². The van der Waals surface area contributed by atoms with Crippen molar-refractivity contribution in [3.63, 3.8) is 0 Å². The molecule has 168 valence electrons. The predicted molar refractivity (Wildman–Crippen MR) is 124 cm³/mol. The van der Waals surface area contributed by atoms with Crippen molar-refractivity contribution in [1.29, 1.82) is 0 Å². The van der Waals surface area contributed by atoms with E-state index in [4.69, 9.17) is 16.3 Å². The second kappa shape index (κ2) is 9.30. The zero-order chi connectivity index (χ0) is 22.7. The maximum absolute atomic E-state index is 13.0. The van der Waals surface area contributed by atoms with Gasteiger partial charge in [-0.15, -0.1) is 0 Å². The van der Waals surface area contributed by atoms with Gasteiger partial charge in [-0.05, 0) is 49.6 Å². The Morgan fingerprint density at radius 2 is 1.84 bits per heavy atom. The van der Waals surface area contributed by atoms with Gasteiger partial charge in [0, 0.05) is 36.7 Å². The molecule has 7 nitrogen and oxygen atoms in total. The van der Waals surface area contributed by atoms with Crippen molar-refractivity contribution in [2.75, 3.05) is 19.8 Å². The van der Waals surface area contributed by atoms with Gasteiger partial charge in [-0.25, -0.2) is 4.79 Å². The van der Waals surface area contributed by atoms with Crippen molar-refractivity contribution in [3.05, 3.63) is 80.0 Å². The summed E-state index contributed by atoms with van der Waals surface area (Å²) < 4.78 is 8.08. The maximum atomic E-state index is 13.0. The van der Waals surface area contributed by atoms with Crippen LogP contribution in [0.15, 0.2) is 58.1 Å². The zero-order valence-electron chi connectivity index (χ0n) is 18.0. The largest absolute Gasteiger partial charge is 0.381 e. The molecule has 0 unspecified atom stereocenters. The Balaban J connectivity index is 1.61. The summed E-state index contributed by atoms with van der Waals surface area (Å²) in [5.41, 5.74) is 0.413. The SMILES string of the molecule is CCn1c(=O)c2ccccc2n(CC(=O)NCC2(c3cccc(Cl)c3)CCOCC2)c1=O. The van der Waals surface area contributed by atoms with Gasteiger partial charge in [-0.2, -0.15) is 0 Å². The molecule has 1 amide bonds. The highest BCUT2D eigenvalue weighted by Crippen LogP contribution is 2.35. The normalized spacial score (nSPS) is 15.6. The average Bonchev–Trinajstić information content (AvgIpc) is 2.81. The molecule has 1 aliphatic rings. The van der Waals surface area contributed by atoms with E-state index in [2.05, 4.69) is 5.32 Å². The summed E-state index contributed by atoms with van der Waals surface area (Å²) in [7, 11) is 0. The van der Waals surface area contributed by atoms with E-state index >= 15 is 0 Å². The Kier molecular flexibility index (Phi) is 6.48. The van der Waals surface area contributed by atoms with E-state index in [1.54, 1.807) is 31.2 Å². The minimum absolute atomic E-state index is 0.165. The number of carbonyl (C=O) groups is 1. The number of amides is 1. The van der Waals surface area contributed by atoms with Crippen LogP contribution in [0.25, 0.3) is 10.9 Å². The lowest BCUT2D eigenvalue weighted by Gasteiger charge is -2.38. The molecule has 3 aromatic rings. The van der Waals surface area contributed by atoms with Crippen LogP contribution in [-0.4, -0.2) is 34.8 Å². The second-order valence-electron chi connectivity index (χ2n) is 8.12. The topological polar surface area (TPSA) is 82.3 Å². The van der Waals surface area contributed by atoms with Gasteiger partial charge in [-0.3, -0.25) is 18.7 Å². The fraction of sp³-hybridized carbons (Fsp3) is 0.375. The summed E-state index contributed by atoms with van der Waals surface area (Å²) in [5.74, 6) is -0.286. The number of rotatable bonds is 6. The van der Waals surface area contributed by atoms with Crippen LogP contribution in [-0.2, 0) is 28.0 Å². The summed E-state index contributed by atoms with van der Waals surface area (Å²) in [6.45, 7) is 3.43. The molecule has 4 rings (SSSR count). The molecule has 0 atom stereocenters. The molecular weight excluding hydrogens is 430 g/mol. The minimum atomic E-state index is -0.484. The van der Waals surface area contributed by atoms with Crippen LogP contribution in [0, 0.1) is 0 Å². The van der Waals surface area contributed by atoms with Crippen LogP contribution in [0.3, 0.4) is 0 Å². The molecule has 0 saturated carbocycles. The third-order valence-corrected chi connectivity index (χ3v) is 6.50. The maximum Gasteiger partial charge on any atom is 0.331 e. The highest BCUT2D eigenvalue weighted by molar-refractivity contribution is 6.30. The van der Waals surface area contributed by atoms with Gasteiger partial charge in [0.05, 0.1) is 10.9 Å². The molecule has 1 aromatic heterocycles. The summed E-state index contributed by atoms with van der Waals surface area (Å²) in [4.78, 5) is 38.5. The smallest absolute Gasteiger partial charge is 0.331 e. The van der Waals surface area contributed by atoms with Crippen LogP contribution < -0.4 is 16.6 Å². The lowest BCUT2D eigenvalue weighted by Crippen LogP contribution is -2.47.